The fourth-order valence-electron chi connectivity index (χ4n) is 2.06. The molecular weight excluding hydrogens is 240 g/mol. The number of rotatable bonds is 3. The van der Waals surface area contributed by atoms with E-state index in [9.17, 15) is 4.79 Å². The predicted molar refractivity (Wildman–Crippen MR) is 68.7 cm³/mol. The van der Waals surface area contributed by atoms with Crippen LogP contribution in [0.25, 0.3) is 0 Å². The topological polar surface area (TPSA) is 50.2 Å². The molecule has 0 radical (unpaired) electrons. The first-order chi connectivity index (χ1) is 8.11. The Morgan fingerprint density at radius 1 is 1.65 bits per heavy atom. The number of hydrogen-bond acceptors (Lipinski definition) is 4. The molecule has 2 rings (SSSR count). The number of nitrogens with one attached hydrogen (secondary N) is 1. The second-order valence-corrected chi connectivity index (χ2v) is 4.76. The molecule has 0 spiro atoms. The van der Waals surface area contributed by atoms with Crippen LogP contribution in [-0.2, 0) is 6.54 Å². The molecule has 0 aliphatic carbocycles. The third-order valence-corrected chi connectivity index (χ3v) is 3.40. The Bertz CT molecular complexity index is 459. The summed E-state index contributed by atoms with van der Waals surface area (Å²) in [5.74, 6) is 0. The van der Waals surface area contributed by atoms with E-state index in [2.05, 4.69) is 22.4 Å². The standard InChI is InChI=1S/C11H17ClN4O/c1-3-16-11(17)10(12)9(6-13-16)14-8-4-5-15(2)7-8/h6,8,14H,3-5,7H2,1-2H3. The number of hydrogen-bond donors (Lipinski definition) is 1. The highest BCUT2D eigenvalue weighted by molar-refractivity contribution is 6.32. The lowest BCUT2D eigenvalue weighted by atomic mass is 10.2. The second-order valence-electron chi connectivity index (χ2n) is 4.39. The normalized spacial score (nSPS) is 20.8. The van der Waals surface area contributed by atoms with Crippen LogP contribution in [0, 0.1) is 0 Å². The highest BCUT2D eigenvalue weighted by Crippen LogP contribution is 2.19. The van der Waals surface area contributed by atoms with Gasteiger partial charge in [0.25, 0.3) is 5.56 Å². The zero-order chi connectivity index (χ0) is 12.4. The molecule has 5 nitrogen and oxygen atoms in total. The fraction of sp³-hybridized carbons (Fsp3) is 0.636. The molecule has 1 N–H and O–H groups in total. The Kier molecular flexibility index (Phi) is 3.69. The molecule has 0 saturated carbocycles. The number of nitrogens with zero attached hydrogens (tertiary/aromatic N) is 3. The lowest BCUT2D eigenvalue weighted by Gasteiger charge is -2.15. The van der Waals surface area contributed by atoms with Crippen LogP contribution >= 0.6 is 11.6 Å². The molecule has 1 unspecified atom stereocenters. The van der Waals surface area contributed by atoms with Gasteiger partial charge in [0.2, 0.25) is 0 Å². The maximum atomic E-state index is 11.8. The summed E-state index contributed by atoms with van der Waals surface area (Å²) in [7, 11) is 2.08. The average Bonchev–Trinajstić information content (AvgIpc) is 2.71. The highest BCUT2D eigenvalue weighted by Gasteiger charge is 2.20. The van der Waals surface area contributed by atoms with Crippen LogP contribution in [0.5, 0.6) is 0 Å². The van der Waals surface area contributed by atoms with Crippen molar-refractivity contribution in [3.8, 4) is 0 Å². The van der Waals surface area contributed by atoms with E-state index in [0.29, 0.717) is 18.3 Å². The van der Waals surface area contributed by atoms with Crippen molar-refractivity contribution in [1.82, 2.24) is 14.7 Å². The minimum absolute atomic E-state index is 0.231. The Morgan fingerprint density at radius 2 is 2.41 bits per heavy atom. The first-order valence-corrected chi connectivity index (χ1v) is 6.20. The quantitative estimate of drug-likeness (QED) is 0.878. The minimum Gasteiger partial charge on any atom is -0.378 e. The number of likely N-dealkylation sites (N-methyl/N-ethyl adjacent to an activating group) is 1. The van der Waals surface area contributed by atoms with Crippen molar-refractivity contribution >= 4 is 17.3 Å². The lowest BCUT2D eigenvalue weighted by molar-refractivity contribution is 0.414. The van der Waals surface area contributed by atoms with E-state index in [1.807, 2.05) is 6.92 Å². The van der Waals surface area contributed by atoms with Gasteiger partial charge in [-0.05, 0) is 26.9 Å². The molecule has 1 atom stereocenters. The van der Waals surface area contributed by atoms with Crippen molar-refractivity contribution in [2.75, 3.05) is 25.5 Å². The van der Waals surface area contributed by atoms with Gasteiger partial charge in [-0.15, -0.1) is 0 Å². The monoisotopic (exact) mass is 256 g/mol. The largest absolute Gasteiger partial charge is 0.378 e. The summed E-state index contributed by atoms with van der Waals surface area (Å²) >= 11 is 6.04. The Hall–Kier alpha value is -1.07. The van der Waals surface area contributed by atoms with Crippen molar-refractivity contribution in [2.45, 2.75) is 25.9 Å². The number of anilines is 1. The van der Waals surface area contributed by atoms with Gasteiger partial charge in [0, 0.05) is 19.1 Å². The number of aromatic nitrogens is 2. The predicted octanol–water partition coefficient (Wildman–Crippen LogP) is 1.03. The molecule has 1 aromatic rings. The van der Waals surface area contributed by atoms with Crippen LogP contribution in [-0.4, -0.2) is 40.9 Å². The maximum absolute atomic E-state index is 11.8. The van der Waals surface area contributed by atoms with Crippen LogP contribution < -0.4 is 10.9 Å². The van der Waals surface area contributed by atoms with E-state index in [-0.39, 0.29) is 10.6 Å². The first-order valence-electron chi connectivity index (χ1n) is 5.82. The smallest absolute Gasteiger partial charge is 0.287 e. The highest BCUT2D eigenvalue weighted by atomic mass is 35.5. The van der Waals surface area contributed by atoms with Gasteiger partial charge in [0.1, 0.15) is 5.02 Å². The average molecular weight is 257 g/mol. The number of aryl methyl sites for hydroxylation is 1. The number of likely N-dealkylation sites (tertiary alicyclic amines) is 1. The summed E-state index contributed by atoms with van der Waals surface area (Å²) in [6.07, 6.45) is 2.69. The van der Waals surface area contributed by atoms with Gasteiger partial charge < -0.3 is 10.2 Å². The summed E-state index contributed by atoms with van der Waals surface area (Å²) in [4.78, 5) is 14.0. The van der Waals surface area contributed by atoms with Gasteiger partial charge in [-0.1, -0.05) is 11.6 Å². The molecule has 1 aliphatic heterocycles. The maximum Gasteiger partial charge on any atom is 0.287 e. The van der Waals surface area contributed by atoms with Crippen LogP contribution in [0.2, 0.25) is 5.02 Å². The van der Waals surface area contributed by atoms with E-state index < -0.39 is 0 Å². The van der Waals surface area contributed by atoms with E-state index in [0.717, 1.165) is 19.5 Å². The van der Waals surface area contributed by atoms with Crippen molar-refractivity contribution < 1.29 is 0 Å². The van der Waals surface area contributed by atoms with Crippen molar-refractivity contribution in [1.29, 1.82) is 0 Å². The van der Waals surface area contributed by atoms with Gasteiger partial charge in [0.15, 0.2) is 0 Å². The van der Waals surface area contributed by atoms with Crippen molar-refractivity contribution in [2.24, 2.45) is 0 Å². The number of halogens is 1. The zero-order valence-electron chi connectivity index (χ0n) is 10.1. The Balaban J connectivity index is 2.17. The van der Waals surface area contributed by atoms with E-state index in [4.69, 9.17) is 11.6 Å². The minimum atomic E-state index is -0.231. The van der Waals surface area contributed by atoms with Gasteiger partial charge in [-0.3, -0.25) is 4.79 Å². The molecular formula is C11H17ClN4O. The molecule has 0 bridgehead atoms. The lowest BCUT2D eigenvalue weighted by Crippen LogP contribution is -2.27. The molecule has 1 aliphatic rings. The van der Waals surface area contributed by atoms with Gasteiger partial charge >= 0.3 is 0 Å². The van der Waals surface area contributed by atoms with Crippen molar-refractivity contribution in [3.05, 3.63) is 21.6 Å². The SMILES string of the molecule is CCn1ncc(NC2CCN(C)C2)c(Cl)c1=O. The zero-order valence-corrected chi connectivity index (χ0v) is 10.9. The summed E-state index contributed by atoms with van der Waals surface area (Å²) in [6.45, 7) is 4.43. The molecule has 0 amide bonds. The van der Waals surface area contributed by atoms with E-state index >= 15 is 0 Å². The molecule has 94 valence electrons. The molecule has 1 saturated heterocycles. The van der Waals surface area contributed by atoms with Gasteiger partial charge in [-0.25, -0.2) is 4.68 Å². The van der Waals surface area contributed by atoms with Gasteiger partial charge in [0.05, 0.1) is 11.9 Å². The van der Waals surface area contributed by atoms with Crippen molar-refractivity contribution in [3.63, 3.8) is 0 Å². The third-order valence-electron chi connectivity index (χ3n) is 3.04. The first kappa shape index (κ1) is 12.4. The summed E-state index contributed by atoms with van der Waals surface area (Å²) in [5.41, 5.74) is 0.409. The fourth-order valence-corrected chi connectivity index (χ4v) is 2.26. The Morgan fingerprint density at radius 3 is 3.00 bits per heavy atom. The van der Waals surface area contributed by atoms with E-state index in [1.165, 1.54) is 4.68 Å². The third kappa shape index (κ3) is 2.61. The molecule has 0 aromatic carbocycles. The van der Waals surface area contributed by atoms with E-state index in [1.54, 1.807) is 6.20 Å². The molecule has 6 heteroatoms. The molecule has 17 heavy (non-hydrogen) atoms. The summed E-state index contributed by atoms with van der Waals surface area (Å²) < 4.78 is 1.36. The summed E-state index contributed by atoms with van der Waals surface area (Å²) in [6, 6.07) is 0.344. The summed E-state index contributed by atoms with van der Waals surface area (Å²) in [5, 5.41) is 7.58. The molecule has 2 heterocycles. The van der Waals surface area contributed by atoms with Crippen LogP contribution in [0.15, 0.2) is 11.0 Å². The van der Waals surface area contributed by atoms with Crippen LogP contribution in [0.3, 0.4) is 0 Å². The van der Waals surface area contributed by atoms with Crippen LogP contribution in [0.4, 0.5) is 5.69 Å². The van der Waals surface area contributed by atoms with Gasteiger partial charge in [-0.2, -0.15) is 5.10 Å². The Labute approximate surface area is 105 Å². The molecule has 1 fully saturated rings. The second kappa shape index (κ2) is 5.06. The molecule has 1 aromatic heterocycles. The van der Waals surface area contributed by atoms with Crippen LogP contribution in [0.1, 0.15) is 13.3 Å².